The van der Waals surface area contributed by atoms with E-state index in [1.165, 1.54) is 9.58 Å². The smallest absolute Gasteiger partial charge is 0.0642 e. The molecule has 0 aliphatic rings. The minimum atomic E-state index is 0.750. The van der Waals surface area contributed by atoms with Gasteiger partial charge in [0.25, 0.3) is 0 Å². The van der Waals surface area contributed by atoms with Crippen LogP contribution in [-0.4, -0.2) is 0 Å². The van der Waals surface area contributed by atoms with Crippen molar-refractivity contribution in [2.24, 2.45) is 0 Å². The van der Waals surface area contributed by atoms with Gasteiger partial charge in [0.2, 0.25) is 0 Å². The van der Waals surface area contributed by atoms with Gasteiger partial charge in [-0.1, -0.05) is 45.7 Å². The van der Waals surface area contributed by atoms with Crippen LogP contribution in [0.1, 0.15) is 4.88 Å². The standard InChI is InChI=1S/C15H11BrClNS/c16-10-5-7-11(8-6-10)18-9-14-15(17)12-3-1-2-4-13(12)19-14/h1-8,18H,9H2. The first kappa shape index (κ1) is 13.0. The molecule has 96 valence electrons. The fourth-order valence-corrected chi connectivity index (χ4v) is 3.63. The minimum absolute atomic E-state index is 0.750. The molecule has 0 fully saturated rings. The van der Waals surface area contributed by atoms with Crippen molar-refractivity contribution < 1.29 is 0 Å². The number of fused-ring (bicyclic) bond motifs is 1. The van der Waals surface area contributed by atoms with Crippen LogP contribution >= 0.6 is 38.9 Å². The zero-order chi connectivity index (χ0) is 13.2. The predicted octanol–water partition coefficient (Wildman–Crippen LogP) is 5.93. The van der Waals surface area contributed by atoms with Gasteiger partial charge in [0.1, 0.15) is 0 Å². The molecule has 19 heavy (non-hydrogen) atoms. The maximum Gasteiger partial charge on any atom is 0.0642 e. The lowest BCUT2D eigenvalue weighted by atomic mass is 10.2. The van der Waals surface area contributed by atoms with Crippen molar-refractivity contribution in [3.05, 3.63) is 62.9 Å². The van der Waals surface area contributed by atoms with Gasteiger partial charge in [-0.05, 0) is 30.3 Å². The van der Waals surface area contributed by atoms with Crippen LogP contribution in [0.25, 0.3) is 10.1 Å². The molecule has 0 unspecified atom stereocenters. The zero-order valence-electron chi connectivity index (χ0n) is 9.99. The van der Waals surface area contributed by atoms with E-state index in [1.807, 2.05) is 36.4 Å². The summed E-state index contributed by atoms with van der Waals surface area (Å²) in [5.74, 6) is 0. The Balaban J connectivity index is 1.82. The Bertz CT molecular complexity index is 706. The monoisotopic (exact) mass is 351 g/mol. The first-order valence-corrected chi connectivity index (χ1v) is 7.88. The van der Waals surface area contributed by atoms with Crippen LogP contribution in [0.3, 0.4) is 0 Å². The van der Waals surface area contributed by atoms with Gasteiger partial charge in [-0.25, -0.2) is 0 Å². The molecule has 0 spiro atoms. The lowest BCUT2D eigenvalue weighted by Gasteiger charge is -2.05. The summed E-state index contributed by atoms with van der Waals surface area (Å²) in [7, 11) is 0. The Morgan fingerprint density at radius 2 is 1.79 bits per heavy atom. The van der Waals surface area contributed by atoms with Crippen molar-refractivity contribution in [2.75, 3.05) is 5.32 Å². The van der Waals surface area contributed by atoms with Gasteiger partial charge in [0, 0.05) is 25.1 Å². The van der Waals surface area contributed by atoms with Crippen molar-refractivity contribution in [2.45, 2.75) is 6.54 Å². The molecule has 3 aromatic rings. The topological polar surface area (TPSA) is 12.0 Å². The first-order chi connectivity index (χ1) is 9.24. The number of benzene rings is 2. The summed E-state index contributed by atoms with van der Waals surface area (Å²) in [5.41, 5.74) is 1.09. The van der Waals surface area contributed by atoms with E-state index < -0.39 is 0 Å². The lowest BCUT2D eigenvalue weighted by Crippen LogP contribution is -1.97. The summed E-state index contributed by atoms with van der Waals surface area (Å²) in [6.45, 7) is 0.750. The van der Waals surface area contributed by atoms with Gasteiger partial charge in [-0.2, -0.15) is 0 Å². The van der Waals surface area contributed by atoms with E-state index in [2.05, 4.69) is 33.4 Å². The van der Waals surface area contributed by atoms with E-state index in [4.69, 9.17) is 11.6 Å². The summed E-state index contributed by atoms with van der Waals surface area (Å²) >= 11 is 11.6. The van der Waals surface area contributed by atoms with E-state index in [0.717, 1.165) is 27.1 Å². The average molecular weight is 353 g/mol. The molecular formula is C15H11BrClNS. The molecule has 0 amide bonds. The zero-order valence-corrected chi connectivity index (χ0v) is 13.1. The van der Waals surface area contributed by atoms with Gasteiger partial charge in [0.15, 0.2) is 0 Å². The van der Waals surface area contributed by atoms with Crippen LogP contribution in [-0.2, 0) is 6.54 Å². The highest BCUT2D eigenvalue weighted by Gasteiger charge is 2.09. The molecule has 3 rings (SSSR count). The Kier molecular flexibility index (Phi) is 3.78. The van der Waals surface area contributed by atoms with Crippen molar-refractivity contribution in [1.82, 2.24) is 0 Å². The van der Waals surface area contributed by atoms with Gasteiger partial charge in [-0.3, -0.25) is 0 Å². The highest BCUT2D eigenvalue weighted by molar-refractivity contribution is 9.10. The maximum atomic E-state index is 6.41. The van der Waals surface area contributed by atoms with Crippen LogP contribution in [0.2, 0.25) is 5.02 Å². The highest BCUT2D eigenvalue weighted by Crippen LogP contribution is 2.35. The van der Waals surface area contributed by atoms with Gasteiger partial charge >= 0.3 is 0 Å². The molecule has 0 aliphatic carbocycles. The van der Waals surface area contributed by atoms with Crippen molar-refractivity contribution in [1.29, 1.82) is 0 Å². The Hall–Kier alpha value is -1.03. The molecule has 1 N–H and O–H groups in total. The second-order valence-corrected chi connectivity index (χ2v) is 6.63. The lowest BCUT2D eigenvalue weighted by molar-refractivity contribution is 1.19. The quantitative estimate of drug-likeness (QED) is 0.616. The second-order valence-electron chi connectivity index (χ2n) is 4.20. The summed E-state index contributed by atoms with van der Waals surface area (Å²) in [6, 6.07) is 16.4. The van der Waals surface area contributed by atoms with Crippen molar-refractivity contribution in [3.63, 3.8) is 0 Å². The Morgan fingerprint density at radius 3 is 2.53 bits per heavy atom. The van der Waals surface area contributed by atoms with E-state index in [0.29, 0.717) is 0 Å². The molecular weight excluding hydrogens is 342 g/mol. The number of hydrogen-bond donors (Lipinski definition) is 1. The number of thiophene rings is 1. The molecule has 0 atom stereocenters. The fraction of sp³-hybridized carbons (Fsp3) is 0.0667. The summed E-state index contributed by atoms with van der Waals surface area (Å²) in [5, 5.41) is 5.40. The summed E-state index contributed by atoms with van der Waals surface area (Å²) in [4.78, 5) is 1.17. The van der Waals surface area contributed by atoms with Crippen LogP contribution in [0.15, 0.2) is 53.0 Å². The van der Waals surface area contributed by atoms with E-state index >= 15 is 0 Å². The largest absolute Gasteiger partial charge is 0.380 e. The third kappa shape index (κ3) is 2.78. The Morgan fingerprint density at radius 1 is 1.05 bits per heavy atom. The predicted molar refractivity (Wildman–Crippen MR) is 88.3 cm³/mol. The molecule has 0 bridgehead atoms. The van der Waals surface area contributed by atoms with E-state index in [9.17, 15) is 0 Å². The van der Waals surface area contributed by atoms with Gasteiger partial charge in [0.05, 0.1) is 11.6 Å². The maximum absolute atomic E-state index is 6.41. The number of rotatable bonds is 3. The fourth-order valence-electron chi connectivity index (χ4n) is 1.93. The second kappa shape index (κ2) is 5.53. The molecule has 1 aromatic heterocycles. The van der Waals surface area contributed by atoms with Gasteiger partial charge in [-0.15, -0.1) is 11.3 Å². The first-order valence-electron chi connectivity index (χ1n) is 5.89. The van der Waals surface area contributed by atoms with Crippen LogP contribution in [0, 0.1) is 0 Å². The van der Waals surface area contributed by atoms with Crippen molar-refractivity contribution in [3.8, 4) is 0 Å². The molecule has 0 saturated heterocycles. The molecule has 0 saturated carbocycles. The number of nitrogens with one attached hydrogen (secondary N) is 1. The molecule has 2 aromatic carbocycles. The van der Waals surface area contributed by atoms with Gasteiger partial charge < -0.3 is 5.32 Å². The van der Waals surface area contributed by atoms with Crippen LogP contribution in [0.4, 0.5) is 5.69 Å². The third-order valence-electron chi connectivity index (χ3n) is 2.90. The summed E-state index contributed by atoms with van der Waals surface area (Å²) < 4.78 is 2.32. The SMILES string of the molecule is Clc1c(CNc2ccc(Br)cc2)sc2ccccc12. The number of hydrogen-bond acceptors (Lipinski definition) is 2. The highest BCUT2D eigenvalue weighted by atomic mass is 79.9. The third-order valence-corrected chi connectivity index (χ3v) is 5.14. The van der Waals surface area contributed by atoms with Crippen molar-refractivity contribution >= 4 is 54.6 Å². The van der Waals surface area contributed by atoms with Crippen LogP contribution < -0.4 is 5.32 Å². The molecule has 4 heteroatoms. The van der Waals surface area contributed by atoms with E-state index in [-0.39, 0.29) is 0 Å². The molecule has 1 nitrogen and oxygen atoms in total. The molecule has 0 radical (unpaired) electrons. The van der Waals surface area contributed by atoms with E-state index in [1.54, 1.807) is 11.3 Å². The molecule has 1 heterocycles. The van der Waals surface area contributed by atoms with Crippen LogP contribution in [0.5, 0.6) is 0 Å². The molecule has 0 aliphatic heterocycles. The normalized spacial score (nSPS) is 10.8. The minimum Gasteiger partial charge on any atom is -0.380 e. The average Bonchev–Trinajstić information content (AvgIpc) is 2.76. The number of halogens is 2. The Labute approximate surface area is 129 Å². The number of anilines is 1. The summed E-state index contributed by atoms with van der Waals surface area (Å²) in [6.07, 6.45) is 0.